The largest absolute Gasteiger partial charge is 0.348 e. The lowest BCUT2D eigenvalue weighted by atomic mass is 10.1. The minimum atomic E-state index is -0.555. The zero-order valence-electron chi connectivity index (χ0n) is 9.48. The second-order valence-corrected chi connectivity index (χ2v) is 4.36. The minimum absolute atomic E-state index is 0.0604. The van der Waals surface area contributed by atoms with Crippen LogP contribution in [0.1, 0.15) is 18.5 Å². The fraction of sp³-hybridized carbons (Fsp3) is 0.364. The van der Waals surface area contributed by atoms with Crippen LogP contribution in [0.3, 0.4) is 0 Å². The summed E-state index contributed by atoms with van der Waals surface area (Å²) in [6.07, 6.45) is 0. The van der Waals surface area contributed by atoms with Gasteiger partial charge in [-0.05, 0) is 26.1 Å². The molecule has 1 rings (SSSR count). The van der Waals surface area contributed by atoms with Crippen LogP contribution in [0.4, 0.5) is 4.39 Å². The number of rotatable bonds is 4. The molecule has 0 fully saturated rings. The van der Waals surface area contributed by atoms with Gasteiger partial charge >= 0.3 is 0 Å². The van der Waals surface area contributed by atoms with Crippen molar-refractivity contribution in [3.8, 4) is 0 Å². The average molecular weight is 279 g/mol. The maximum atomic E-state index is 13.3. The second kappa shape index (κ2) is 6.19. The van der Waals surface area contributed by atoms with Crippen LogP contribution in [0.15, 0.2) is 12.1 Å². The van der Waals surface area contributed by atoms with Gasteiger partial charge in [0.25, 0.3) is 0 Å². The van der Waals surface area contributed by atoms with E-state index in [1.54, 1.807) is 14.0 Å². The van der Waals surface area contributed by atoms with Crippen molar-refractivity contribution < 1.29 is 9.18 Å². The molecule has 17 heavy (non-hydrogen) atoms. The van der Waals surface area contributed by atoms with E-state index in [4.69, 9.17) is 23.2 Å². The fourth-order valence-electron chi connectivity index (χ4n) is 1.46. The van der Waals surface area contributed by atoms with Gasteiger partial charge in [-0.25, -0.2) is 4.39 Å². The highest BCUT2D eigenvalue weighted by molar-refractivity contribution is 6.36. The SMILES string of the molecule is CNCC(=O)NC(C)c1c(Cl)ccc(F)c1Cl. The smallest absolute Gasteiger partial charge is 0.234 e. The Balaban J connectivity index is 2.92. The molecular formula is C11H13Cl2FN2O. The molecule has 0 bridgehead atoms. The highest BCUT2D eigenvalue weighted by Crippen LogP contribution is 2.32. The topological polar surface area (TPSA) is 41.1 Å². The van der Waals surface area contributed by atoms with Crippen molar-refractivity contribution in [3.63, 3.8) is 0 Å². The normalized spacial score (nSPS) is 12.3. The Morgan fingerprint density at radius 1 is 1.47 bits per heavy atom. The Morgan fingerprint density at radius 2 is 2.12 bits per heavy atom. The van der Waals surface area contributed by atoms with Crippen LogP contribution in [0.5, 0.6) is 0 Å². The van der Waals surface area contributed by atoms with Crippen LogP contribution in [-0.4, -0.2) is 19.5 Å². The van der Waals surface area contributed by atoms with E-state index in [9.17, 15) is 9.18 Å². The summed E-state index contributed by atoms with van der Waals surface area (Å²) in [6, 6.07) is 2.15. The van der Waals surface area contributed by atoms with E-state index in [1.807, 2.05) is 0 Å². The number of halogens is 3. The van der Waals surface area contributed by atoms with Gasteiger partial charge in [-0.3, -0.25) is 4.79 Å². The molecule has 1 atom stereocenters. The Kier molecular flexibility index (Phi) is 5.18. The standard InChI is InChI=1S/C11H13Cl2FN2O/c1-6(16-9(17)5-15-2)10-7(12)3-4-8(14)11(10)13/h3-4,6,15H,5H2,1-2H3,(H,16,17). The van der Waals surface area contributed by atoms with E-state index in [0.29, 0.717) is 10.6 Å². The average Bonchev–Trinajstić information content (AvgIpc) is 2.24. The molecule has 1 aromatic carbocycles. The third-order valence-electron chi connectivity index (χ3n) is 2.23. The molecule has 0 aromatic heterocycles. The number of likely N-dealkylation sites (N-methyl/N-ethyl adjacent to an activating group) is 1. The van der Waals surface area contributed by atoms with Crippen LogP contribution in [0.2, 0.25) is 10.0 Å². The zero-order chi connectivity index (χ0) is 13.0. The van der Waals surface area contributed by atoms with E-state index < -0.39 is 11.9 Å². The second-order valence-electron chi connectivity index (χ2n) is 3.58. The predicted molar refractivity (Wildman–Crippen MR) is 66.9 cm³/mol. The number of amides is 1. The van der Waals surface area contributed by atoms with E-state index in [-0.39, 0.29) is 17.5 Å². The zero-order valence-corrected chi connectivity index (χ0v) is 11.0. The molecule has 0 spiro atoms. The van der Waals surface area contributed by atoms with Gasteiger partial charge in [-0.15, -0.1) is 0 Å². The lowest BCUT2D eigenvalue weighted by molar-refractivity contribution is -0.120. The van der Waals surface area contributed by atoms with Crippen molar-refractivity contribution in [1.82, 2.24) is 10.6 Å². The molecule has 0 saturated heterocycles. The Morgan fingerprint density at radius 3 is 2.71 bits per heavy atom. The molecule has 0 aliphatic carbocycles. The summed E-state index contributed by atoms with van der Waals surface area (Å²) in [5.74, 6) is -0.767. The summed E-state index contributed by atoms with van der Waals surface area (Å²) in [7, 11) is 1.66. The van der Waals surface area contributed by atoms with Gasteiger partial charge in [0, 0.05) is 10.6 Å². The summed E-state index contributed by atoms with van der Waals surface area (Å²) in [5.41, 5.74) is 0.387. The van der Waals surface area contributed by atoms with Crippen molar-refractivity contribution in [3.05, 3.63) is 33.6 Å². The van der Waals surface area contributed by atoms with Crippen LogP contribution in [0, 0.1) is 5.82 Å². The van der Waals surface area contributed by atoms with Gasteiger partial charge in [0.05, 0.1) is 17.6 Å². The number of hydrogen-bond acceptors (Lipinski definition) is 2. The van der Waals surface area contributed by atoms with Crippen molar-refractivity contribution in [2.75, 3.05) is 13.6 Å². The third-order valence-corrected chi connectivity index (χ3v) is 2.94. The maximum absolute atomic E-state index is 13.3. The van der Waals surface area contributed by atoms with Crippen LogP contribution < -0.4 is 10.6 Å². The van der Waals surface area contributed by atoms with Gasteiger partial charge in [-0.2, -0.15) is 0 Å². The molecular weight excluding hydrogens is 266 g/mol. The summed E-state index contributed by atoms with van der Waals surface area (Å²) in [5, 5.41) is 5.65. The first-order chi connectivity index (χ1) is 7.97. The fourth-order valence-corrected chi connectivity index (χ4v) is 2.16. The number of benzene rings is 1. The van der Waals surface area contributed by atoms with Crippen molar-refractivity contribution in [1.29, 1.82) is 0 Å². The minimum Gasteiger partial charge on any atom is -0.348 e. The van der Waals surface area contributed by atoms with E-state index in [2.05, 4.69) is 10.6 Å². The van der Waals surface area contributed by atoms with Gasteiger partial charge in [0.1, 0.15) is 5.82 Å². The number of carbonyl (C=O) groups is 1. The number of hydrogen-bond donors (Lipinski definition) is 2. The van der Waals surface area contributed by atoms with Gasteiger partial charge in [0.2, 0.25) is 5.91 Å². The molecule has 0 saturated carbocycles. The first-order valence-corrected chi connectivity index (χ1v) is 5.80. The first-order valence-electron chi connectivity index (χ1n) is 5.04. The predicted octanol–water partition coefficient (Wildman–Crippen LogP) is 2.53. The summed E-state index contributed by atoms with van der Waals surface area (Å²) < 4.78 is 13.3. The van der Waals surface area contributed by atoms with Gasteiger partial charge in [0.15, 0.2) is 0 Å². The molecule has 1 unspecified atom stereocenters. The van der Waals surface area contributed by atoms with Crippen molar-refractivity contribution >= 4 is 29.1 Å². The molecule has 2 N–H and O–H groups in total. The van der Waals surface area contributed by atoms with Crippen molar-refractivity contribution in [2.45, 2.75) is 13.0 Å². The molecule has 0 heterocycles. The lowest BCUT2D eigenvalue weighted by Gasteiger charge is -2.17. The van der Waals surface area contributed by atoms with E-state index in [0.717, 1.165) is 0 Å². The molecule has 0 aliphatic rings. The molecule has 0 aliphatic heterocycles. The van der Waals surface area contributed by atoms with E-state index >= 15 is 0 Å². The third kappa shape index (κ3) is 3.56. The molecule has 1 aromatic rings. The monoisotopic (exact) mass is 278 g/mol. The molecule has 3 nitrogen and oxygen atoms in total. The molecule has 0 radical (unpaired) electrons. The van der Waals surface area contributed by atoms with Crippen molar-refractivity contribution in [2.24, 2.45) is 0 Å². The summed E-state index contributed by atoms with van der Waals surface area (Å²) >= 11 is 11.8. The Hall–Kier alpha value is -0.840. The van der Waals surface area contributed by atoms with Gasteiger partial charge < -0.3 is 10.6 Å². The maximum Gasteiger partial charge on any atom is 0.234 e. The summed E-state index contributed by atoms with van der Waals surface area (Å²) in [6.45, 7) is 1.87. The quantitative estimate of drug-likeness (QED) is 0.831. The molecule has 1 amide bonds. The van der Waals surface area contributed by atoms with Crippen LogP contribution in [-0.2, 0) is 4.79 Å². The van der Waals surface area contributed by atoms with Gasteiger partial charge in [-0.1, -0.05) is 23.2 Å². The number of nitrogens with one attached hydrogen (secondary N) is 2. The highest BCUT2D eigenvalue weighted by Gasteiger charge is 2.18. The Bertz CT molecular complexity index is 426. The highest BCUT2D eigenvalue weighted by atomic mass is 35.5. The van der Waals surface area contributed by atoms with Crippen LogP contribution in [0.25, 0.3) is 0 Å². The molecule has 94 valence electrons. The summed E-state index contributed by atoms with van der Waals surface area (Å²) in [4.78, 5) is 11.4. The number of carbonyl (C=O) groups excluding carboxylic acids is 1. The van der Waals surface area contributed by atoms with Crippen LogP contribution >= 0.6 is 23.2 Å². The molecule has 6 heteroatoms. The van der Waals surface area contributed by atoms with E-state index in [1.165, 1.54) is 12.1 Å². The Labute approximate surface area is 109 Å². The lowest BCUT2D eigenvalue weighted by Crippen LogP contribution is -2.34. The first kappa shape index (κ1) is 14.2.